The van der Waals surface area contributed by atoms with E-state index in [1.165, 1.54) is 0 Å². The molecule has 0 spiro atoms. The molecule has 1 aromatic carbocycles. The number of nitrogens with two attached hydrogens (primary N) is 2. The Morgan fingerprint density at radius 3 is 2.59 bits per heavy atom. The molecule has 1 amide bonds. The first-order valence-corrected chi connectivity index (χ1v) is 8.50. The summed E-state index contributed by atoms with van der Waals surface area (Å²) in [7, 11) is 0. The number of nitrogen functional groups attached to an aromatic ring is 2. The summed E-state index contributed by atoms with van der Waals surface area (Å²) in [6.07, 6.45) is 5.55. The summed E-state index contributed by atoms with van der Waals surface area (Å²) in [5.41, 5.74) is 14.7. The Hall–Kier alpha value is -3.68. The molecule has 0 aliphatic rings. The van der Waals surface area contributed by atoms with E-state index in [-0.39, 0.29) is 11.9 Å². The van der Waals surface area contributed by atoms with Crippen molar-refractivity contribution >= 4 is 23.4 Å². The van der Waals surface area contributed by atoms with Gasteiger partial charge in [-0.15, -0.1) is 0 Å². The second-order valence-corrected chi connectivity index (χ2v) is 5.94. The Morgan fingerprint density at radius 1 is 1.07 bits per heavy atom. The van der Waals surface area contributed by atoms with Crippen molar-refractivity contribution in [3.05, 3.63) is 71.7 Å². The summed E-state index contributed by atoms with van der Waals surface area (Å²) in [5, 5.41) is 6.15. The van der Waals surface area contributed by atoms with Gasteiger partial charge in [0.2, 0.25) is 5.95 Å². The number of hydrogen-bond acceptors (Lipinski definition) is 7. The van der Waals surface area contributed by atoms with E-state index in [1.807, 2.05) is 24.3 Å². The number of carbonyl (C=O) groups is 1. The maximum absolute atomic E-state index is 12.0. The molecule has 8 nitrogen and oxygen atoms in total. The van der Waals surface area contributed by atoms with Crippen LogP contribution in [0.3, 0.4) is 0 Å². The van der Waals surface area contributed by atoms with Crippen LogP contribution in [0.4, 0.5) is 17.5 Å². The second kappa shape index (κ2) is 8.61. The highest BCUT2D eigenvalue weighted by Gasteiger charge is 2.05. The summed E-state index contributed by atoms with van der Waals surface area (Å²) in [6.45, 7) is 1.06. The maximum atomic E-state index is 12.0. The van der Waals surface area contributed by atoms with E-state index in [4.69, 9.17) is 11.5 Å². The fraction of sp³-hybridized carbons (Fsp3) is 0.158. The number of rotatable bonds is 7. The number of aromatic nitrogens is 3. The van der Waals surface area contributed by atoms with Crippen LogP contribution >= 0.6 is 0 Å². The van der Waals surface area contributed by atoms with E-state index in [0.717, 1.165) is 23.2 Å². The van der Waals surface area contributed by atoms with Crippen LogP contribution in [-0.4, -0.2) is 27.4 Å². The van der Waals surface area contributed by atoms with Crippen LogP contribution < -0.4 is 22.1 Å². The summed E-state index contributed by atoms with van der Waals surface area (Å²) >= 11 is 0. The Kier molecular flexibility index (Phi) is 5.78. The molecule has 6 N–H and O–H groups in total. The molecular weight excluding hydrogens is 342 g/mol. The number of amides is 1. The first kappa shape index (κ1) is 18.1. The van der Waals surface area contributed by atoms with Crippen LogP contribution in [0.25, 0.3) is 0 Å². The minimum absolute atomic E-state index is 0.121. The topological polar surface area (TPSA) is 132 Å². The average molecular weight is 363 g/mol. The normalized spacial score (nSPS) is 10.4. The third-order valence-electron chi connectivity index (χ3n) is 3.98. The first-order chi connectivity index (χ1) is 13.1. The second-order valence-electron chi connectivity index (χ2n) is 5.94. The Bertz CT molecular complexity index is 898. The highest BCUT2D eigenvalue weighted by atomic mass is 16.1. The lowest BCUT2D eigenvalue weighted by atomic mass is 10.1. The van der Waals surface area contributed by atoms with E-state index < -0.39 is 0 Å². The fourth-order valence-corrected chi connectivity index (χ4v) is 2.48. The summed E-state index contributed by atoms with van der Waals surface area (Å²) in [6, 6.07) is 11.5. The van der Waals surface area contributed by atoms with Crippen molar-refractivity contribution in [2.24, 2.45) is 0 Å². The zero-order valence-corrected chi connectivity index (χ0v) is 14.7. The molecule has 0 aliphatic carbocycles. The summed E-state index contributed by atoms with van der Waals surface area (Å²) in [4.78, 5) is 23.8. The van der Waals surface area contributed by atoms with Crippen LogP contribution in [0.2, 0.25) is 0 Å². The zero-order valence-electron chi connectivity index (χ0n) is 14.7. The maximum Gasteiger partial charge on any atom is 0.252 e. The average Bonchev–Trinajstić information content (AvgIpc) is 2.69. The number of nitrogens with zero attached hydrogens (tertiary/aromatic N) is 3. The van der Waals surface area contributed by atoms with Gasteiger partial charge in [-0.3, -0.25) is 9.78 Å². The van der Waals surface area contributed by atoms with Crippen molar-refractivity contribution in [2.45, 2.75) is 13.0 Å². The lowest BCUT2D eigenvalue weighted by Gasteiger charge is -2.09. The van der Waals surface area contributed by atoms with Gasteiger partial charge >= 0.3 is 0 Å². The van der Waals surface area contributed by atoms with Gasteiger partial charge in [-0.05, 0) is 36.2 Å². The summed E-state index contributed by atoms with van der Waals surface area (Å²) < 4.78 is 0. The van der Waals surface area contributed by atoms with Crippen molar-refractivity contribution < 1.29 is 4.79 Å². The van der Waals surface area contributed by atoms with E-state index in [2.05, 4.69) is 25.6 Å². The molecule has 0 radical (unpaired) electrons. The predicted octanol–water partition coefficient (Wildman–Crippen LogP) is 1.62. The van der Waals surface area contributed by atoms with Gasteiger partial charge in [-0.2, -0.15) is 4.98 Å². The van der Waals surface area contributed by atoms with Crippen molar-refractivity contribution in [1.29, 1.82) is 0 Å². The molecule has 27 heavy (non-hydrogen) atoms. The van der Waals surface area contributed by atoms with Crippen LogP contribution in [0, 0.1) is 0 Å². The van der Waals surface area contributed by atoms with Crippen LogP contribution in [0.1, 0.15) is 21.5 Å². The van der Waals surface area contributed by atoms with E-state index in [9.17, 15) is 4.79 Å². The number of pyridine rings is 1. The zero-order chi connectivity index (χ0) is 19.1. The largest absolute Gasteiger partial charge is 0.383 e. The number of nitrogens with one attached hydrogen (secondary N) is 2. The summed E-state index contributed by atoms with van der Waals surface area (Å²) in [5.74, 6) is 0.414. The third-order valence-corrected chi connectivity index (χ3v) is 3.98. The number of benzene rings is 1. The van der Waals surface area contributed by atoms with Gasteiger partial charge in [0, 0.05) is 42.9 Å². The third kappa shape index (κ3) is 5.15. The molecular formula is C19H21N7O. The minimum atomic E-state index is -0.121. The van der Waals surface area contributed by atoms with Gasteiger partial charge in [-0.25, -0.2) is 4.98 Å². The predicted molar refractivity (Wildman–Crippen MR) is 105 cm³/mol. The molecule has 0 fully saturated rings. The van der Waals surface area contributed by atoms with Crippen LogP contribution in [-0.2, 0) is 13.0 Å². The highest BCUT2D eigenvalue weighted by Crippen LogP contribution is 2.14. The van der Waals surface area contributed by atoms with E-state index >= 15 is 0 Å². The minimum Gasteiger partial charge on any atom is -0.383 e. The number of hydrogen-bond donors (Lipinski definition) is 4. The quantitative estimate of drug-likeness (QED) is 0.501. The van der Waals surface area contributed by atoms with Crippen molar-refractivity contribution in [3.8, 4) is 0 Å². The van der Waals surface area contributed by atoms with E-state index in [0.29, 0.717) is 24.5 Å². The highest BCUT2D eigenvalue weighted by molar-refractivity contribution is 5.93. The molecule has 2 heterocycles. The molecule has 0 saturated carbocycles. The molecule has 8 heteroatoms. The van der Waals surface area contributed by atoms with Crippen molar-refractivity contribution in [3.63, 3.8) is 0 Å². The smallest absolute Gasteiger partial charge is 0.252 e. The van der Waals surface area contributed by atoms with Crippen LogP contribution in [0.5, 0.6) is 0 Å². The number of carbonyl (C=O) groups excluding carboxylic acids is 1. The molecule has 3 rings (SSSR count). The van der Waals surface area contributed by atoms with Crippen molar-refractivity contribution in [1.82, 2.24) is 20.3 Å². The molecule has 0 aliphatic heterocycles. The molecule has 2 aromatic heterocycles. The molecule has 0 unspecified atom stereocenters. The van der Waals surface area contributed by atoms with Gasteiger partial charge in [-0.1, -0.05) is 12.1 Å². The molecule has 3 aromatic rings. The van der Waals surface area contributed by atoms with Gasteiger partial charge in [0.25, 0.3) is 5.91 Å². The molecule has 0 saturated heterocycles. The van der Waals surface area contributed by atoms with Crippen molar-refractivity contribution in [2.75, 3.05) is 23.3 Å². The Balaban J connectivity index is 1.46. The van der Waals surface area contributed by atoms with Gasteiger partial charge in [0.1, 0.15) is 5.82 Å². The SMILES string of the molecule is Nc1ncc(CNc2ccc(CCNC(=O)c3cccnc3)cc2)c(N)n1. The number of anilines is 3. The van der Waals surface area contributed by atoms with Crippen LogP contribution in [0.15, 0.2) is 55.0 Å². The monoisotopic (exact) mass is 363 g/mol. The first-order valence-electron chi connectivity index (χ1n) is 8.50. The standard InChI is InChI=1S/C19H21N7O/c20-17-15(12-25-19(21)26-17)11-24-16-5-3-13(4-6-16)7-9-23-18(27)14-2-1-8-22-10-14/h1-6,8,10,12,24H,7,9,11H2,(H,23,27)(H4,20,21,25,26). The lowest BCUT2D eigenvalue weighted by molar-refractivity contribution is 0.0954. The Labute approximate surface area is 157 Å². The Morgan fingerprint density at radius 2 is 1.89 bits per heavy atom. The lowest BCUT2D eigenvalue weighted by Crippen LogP contribution is -2.25. The van der Waals surface area contributed by atoms with Gasteiger partial charge in [0.05, 0.1) is 5.56 Å². The van der Waals surface area contributed by atoms with Gasteiger partial charge in [0.15, 0.2) is 0 Å². The van der Waals surface area contributed by atoms with Gasteiger partial charge < -0.3 is 22.1 Å². The molecule has 138 valence electrons. The molecule has 0 atom stereocenters. The fourth-order valence-electron chi connectivity index (χ4n) is 2.48. The van der Waals surface area contributed by atoms with E-state index in [1.54, 1.807) is 30.7 Å². The molecule has 0 bridgehead atoms.